The number of nitrogens with one attached hydrogen (secondary N) is 1. The Bertz CT molecular complexity index is 785. The molecule has 3 aromatic rings. The van der Waals surface area contributed by atoms with Gasteiger partial charge in [-0.25, -0.2) is 10.5 Å². The van der Waals surface area contributed by atoms with Gasteiger partial charge in [-0.15, -0.1) is 11.3 Å². The number of benzene rings is 2. The highest BCUT2D eigenvalue weighted by atomic mass is 32.1. The van der Waals surface area contributed by atoms with Gasteiger partial charge in [0.15, 0.2) is 0 Å². The number of amides is 1. The van der Waals surface area contributed by atoms with E-state index in [9.17, 15) is 4.79 Å². The molecule has 0 fully saturated rings. The van der Waals surface area contributed by atoms with Crippen molar-refractivity contribution >= 4 is 17.2 Å². The van der Waals surface area contributed by atoms with E-state index < -0.39 is 0 Å². The Morgan fingerprint density at radius 2 is 1.74 bits per heavy atom. The van der Waals surface area contributed by atoms with E-state index in [4.69, 9.17) is 4.84 Å². The highest BCUT2D eigenvalue weighted by Crippen LogP contribution is 2.27. The van der Waals surface area contributed by atoms with Crippen molar-refractivity contribution in [1.82, 2.24) is 10.5 Å². The molecule has 4 nitrogen and oxygen atoms in total. The van der Waals surface area contributed by atoms with Gasteiger partial charge < -0.3 is 0 Å². The molecule has 3 rings (SSSR count). The molecule has 1 aromatic heterocycles. The van der Waals surface area contributed by atoms with Crippen LogP contribution in [0.15, 0.2) is 60.7 Å². The minimum absolute atomic E-state index is 0.266. The van der Waals surface area contributed by atoms with E-state index in [1.807, 2.05) is 67.6 Å². The standard InChI is InChI=1S/C18H16N2O2S/c1-13-16(23-18(19-13)15-10-6-3-7-11-15)17(21)20-22-12-14-8-4-2-5-9-14/h2-11H,12H2,1H3,(H,20,21). The number of thiazole rings is 1. The van der Waals surface area contributed by atoms with Crippen molar-refractivity contribution in [2.45, 2.75) is 13.5 Å². The third kappa shape index (κ3) is 3.83. The van der Waals surface area contributed by atoms with E-state index in [1.54, 1.807) is 0 Å². The van der Waals surface area contributed by atoms with Gasteiger partial charge in [-0.05, 0) is 12.5 Å². The Morgan fingerprint density at radius 1 is 1.09 bits per heavy atom. The highest BCUT2D eigenvalue weighted by molar-refractivity contribution is 7.17. The first-order valence-electron chi connectivity index (χ1n) is 7.23. The van der Waals surface area contributed by atoms with Crippen molar-refractivity contribution in [3.63, 3.8) is 0 Å². The average molecular weight is 324 g/mol. The topological polar surface area (TPSA) is 51.2 Å². The summed E-state index contributed by atoms with van der Waals surface area (Å²) < 4.78 is 0. The Morgan fingerprint density at radius 3 is 2.43 bits per heavy atom. The fourth-order valence-electron chi connectivity index (χ4n) is 2.12. The molecule has 0 spiro atoms. The molecule has 0 aliphatic heterocycles. The van der Waals surface area contributed by atoms with E-state index in [2.05, 4.69) is 10.5 Å². The van der Waals surface area contributed by atoms with Gasteiger partial charge in [0, 0.05) is 5.56 Å². The Balaban J connectivity index is 1.65. The SMILES string of the molecule is Cc1nc(-c2ccccc2)sc1C(=O)NOCc1ccccc1. The molecule has 0 unspecified atom stereocenters. The summed E-state index contributed by atoms with van der Waals surface area (Å²) in [4.78, 5) is 22.6. The Hall–Kier alpha value is -2.50. The number of carbonyl (C=O) groups excluding carboxylic acids is 1. The average Bonchev–Trinajstić information content (AvgIpc) is 2.98. The predicted molar refractivity (Wildman–Crippen MR) is 91.0 cm³/mol. The van der Waals surface area contributed by atoms with Gasteiger partial charge in [0.1, 0.15) is 9.88 Å². The molecule has 5 heteroatoms. The Kier molecular flexibility index (Phi) is 4.80. The number of aromatic nitrogens is 1. The molecule has 1 amide bonds. The first-order chi connectivity index (χ1) is 11.2. The van der Waals surface area contributed by atoms with Gasteiger partial charge in [-0.1, -0.05) is 60.7 Å². The maximum atomic E-state index is 12.2. The maximum Gasteiger partial charge on any atom is 0.286 e. The lowest BCUT2D eigenvalue weighted by Crippen LogP contribution is -2.23. The van der Waals surface area contributed by atoms with Crippen LogP contribution in [0.5, 0.6) is 0 Å². The second-order valence-electron chi connectivity index (χ2n) is 5.01. The first-order valence-corrected chi connectivity index (χ1v) is 8.04. The molecular weight excluding hydrogens is 308 g/mol. The molecule has 1 heterocycles. The minimum Gasteiger partial charge on any atom is -0.269 e. The van der Waals surface area contributed by atoms with Crippen LogP contribution in [0.25, 0.3) is 10.6 Å². The fraction of sp³-hybridized carbons (Fsp3) is 0.111. The second-order valence-corrected chi connectivity index (χ2v) is 6.00. The summed E-state index contributed by atoms with van der Waals surface area (Å²) in [6.45, 7) is 2.16. The first kappa shape index (κ1) is 15.4. The van der Waals surface area contributed by atoms with E-state index in [1.165, 1.54) is 11.3 Å². The number of hydrogen-bond acceptors (Lipinski definition) is 4. The van der Waals surface area contributed by atoms with Crippen molar-refractivity contribution in [2.24, 2.45) is 0 Å². The zero-order valence-electron chi connectivity index (χ0n) is 12.7. The van der Waals surface area contributed by atoms with Crippen LogP contribution in [-0.2, 0) is 11.4 Å². The summed E-state index contributed by atoms with van der Waals surface area (Å²) in [7, 11) is 0. The van der Waals surface area contributed by atoms with Crippen molar-refractivity contribution < 1.29 is 9.63 Å². The van der Waals surface area contributed by atoms with Crippen LogP contribution in [0.2, 0.25) is 0 Å². The molecule has 0 saturated heterocycles. The lowest BCUT2D eigenvalue weighted by molar-refractivity contribution is 0.0236. The predicted octanol–water partition coefficient (Wildman–Crippen LogP) is 3.98. The summed E-state index contributed by atoms with van der Waals surface area (Å²) in [5.41, 5.74) is 5.19. The Labute approximate surface area is 138 Å². The minimum atomic E-state index is -0.266. The third-order valence-electron chi connectivity index (χ3n) is 3.27. The monoisotopic (exact) mass is 324 g/mol. The van der Waals surface area contributed by atoms with Gasteiger partial charge in [0.2, 0.25) is 0 Å². The third-order valence-corrected chi connectivity index (χ3v) is 4.48. The number of carbonyl (C=O) groups is 1. The van der Waals surface area contributed by atoms with Crippen LogP contribution in [0.1, 0.15) is 20.9 Å². The second kappa shape index (κ2) is 7.17. The number of rotatable bonds is 5. The van der Waals surface area contributed by atoms with E-state index in [-0.39, 0.29) is 5.91 Å². The molecule has 0 aliphatic rings. The molecule has 2 aromatic carbocycles. The number of hydrogen-bond donors (Lipinski definition) is 1. The lowest BCUT2D eigenvalue weighted by Gasteiger charge is -2.04. The smallest absolute Gasteiger partial charge is 0.269 e. The van der Waals surface area contributed by atoms with Crippen LogP contribution in [0, 0.1) is 6.92 Å². The fourth-order valence-corrected chi connectivity index (χ4v) is 3.07. The molecule has 0 atom stereocenters. The van der Waals surface area contributed by atoms with Crippen molar-refractivity contribution in [1.29, 1.82) is 0 Å². The van der Waals surface area contributed by atoms with Gasteiger partial charge in [0.25, 0.3) is 5.91 Å². The normalized spacial score (nSPS) is 10.5. The van der Waals surface area contributed by atoms with Crippen LogP contribution < -0.4 is 5.48 Å². The lowest BCUT2D eigenvalue weighted by atomic mass is 10.2. The molecule has 0 aliphatic carbocycles. The summed E-state index contributed by atoms with van der Waals surface area (Å²) in [6, 6.07) is 19.5. The van der Waals surface area contributed by atoms with E-state index in [0.717, 1.165) is 16.1 Å². The van der Waals surface area contributed by atoms with Gasteiger partial charge in [-0.3, -0.25) is 9.63 Å². The quantitative estimate of drug-likeness (QED) is 0.722. The number of nitrogens with zero attached hydrogens (tertiary/aromatic N) is 1. The van der Waals surface area contributed by atoms with Crippen LogP contribution in [0.3, 0.4) is 0 Å². The maximum absolute atomic E-state index is 12.2. The number of aryl methyl sites for hydroxylation is 1. The van der Waals surface area contributed by atoms with Crippen LogP contribution in [-0.4, -0.2) is 10.9 Å². The molecule has 0 bridgehead atoms. The van der Waals surface area contributed by atoms with Gasteiger partial charge >= 0.3 is 0 Å². The van der Waals surface area contributed by atoms with Gasteiger partial charge in [0.05, 0.1) is 12.3 Å². The van der Waals surface area contributed by atoms with Crippen LogP contribution in [0.4, 0.5) is 0 Å². The molecule has 0 radical (unpaired) electrons. The summed E-state index contributed by atoms with van der Waals surface area (Å²) in [5.74, 6) is -0.266. The van der Waals surface area contributed by atoms with Crippen molar-refractivity contribution in [3.05, 3.63) is 76.8 Å². The van der Waals surface area contributed by atoms with E-state index >= 15 is 0 Å². The molecule has 23 heavy (non-hydrogen) atoms. The molecule has 0 saturated carbocycles. The molecule has 116 valence electrons. The number of hydroxylamine groups is 1. The largest absolute Gasteiger partial charge is 0.286 e. The summed E-state index contributed by atoms with van der Waals surface area (Å²) >= 11 is 1.36. The van der Waals surface area contributed by atoms with Crippen molar-refractivity contribution in [3.8, 4) is 10.6 Å². The summed E-state index contributed by atoms with van der Waals surface area (Å²) in [5, 5.41) is 0.830. The van der Waals surface area contributed by atoms with Gasteiger partial charge in [-0.2, -0.15) is 0 Å². The zero-order valence-corrected chi connectivity index (χ0v) is 13.5. The highest BCUT2D eigenvalue weighted by Gasteiger charge is 2.16. The zero-order chi connectivity index (χ0) is 16.1. The summed E-state index contributed by atoms with van der Waals surface area (Å²) in [6.07, 6.45) is 0. The van der Waals surface area contributed by atoms with Crippen LogP contribution >= 0.6 is 11.3 Å². The molecular formula is C18H16N2O2S. The molecule has 1 N–H and O–H groups in total. The van der Waals surface area contributed by atoms with E-state index in [0.29, 0.717) is 17.2 Å². The van der Waals surface area contributed by atoms with Crippen molar-refractivity contribution in [2.75, 3.05) is 0 Å².